The van der Waals surface area contributed by atoms with Crippen LogP contribution in [-0.2, 0) is 32.1 Å². The molecule has 2 N–H and O–H groups in total. The first-order valence-electron chi connectivity index (χ1n) is 17.6. The van der Waals surface area contributed by atoms with E-state index in [0.717, 1.165) is 24.3 Å². The maximum Gasteiger partial charge on any atom is 0.416 e. The molecule has 0 saturated carbocycles. The second kappa shape index (κ2) is 17.7. The minimum Gasteiger partial charge on any atom is -0.457 e. The molecule has 0 heterocycles. The molecule has 16 heteroatoms. The summed E-state index contributed by atoms with van der Waals surface area (Å²) in [6.07, 6.45) is -8.93. The smallest absolute Gasteiger partial charge is 0.416 e. The van der Waals surface area contributed by atoms with E-state index in [0.29, 0.717) is 44.2 Å². The highest BCUT2D eigenvalue weighted by molar-refractivity contribution is 7.75. The van der Waals surface area contributed by atoms with E-state index in [1.54, 1.807) is 86.6 Å². The van der Waals surface area contributed by atoms with Crippen molar-refractivity contribution < 1.29 is 58.0 Å². The molecular weight excluding hydrogens is 791 g/mol. The molecule has 6 aromatic carbocycles. The third kappa shape index (κ3) is 10.7. The van der Waals surface area contributed by atoms with Crippen molar-refractivity contribution in [2.45, 2.75) is 38.3 Å². The van der Waals surface area contributed by atoms with Crippen molar-refractivity contribution >= 4 is 44.7 Å². The number of amides is 2. The highest BCUT2D eigenvalue weighted by Crippen LogP contribution is 2.35. The van der Waals surface area contributed by atoms with E-state index in [9.17, 15) is 40.1 Å². The van der Waals surface area contributed by atoms with Crippen molar-refractivity contribution in [3.05, 3.63) is 144 Å². The van der Waals surface area contributed by atoms with Gasteiger partial charge in [-0.1, -0.05) is 24.3 Å². The van der Waals surface area contributed by atoms with Crippen LogP contribution in [0.5, 0.6) is 23.0 Å². The zero-order chi connectivity index (χ0) is 41.6. The molecule has 0 bridgehead atoms. The first-order valence-corrected chi connectivity index (χ1v) is 18.6. The summed E-state index contributed by atoms with van der Waals surface area (Å²) in [6, 6.07) is 27.4. The van der Waals surface area contributed by atoms with Crippen LogP contribution in [0.3, 0.4) is 0 Å². The van der Waals surface area contributed by atoms with Crippen molar-refractivity contribution in [1.82, 2.24) is 10.6 Å². The van der Waals surface area contributed by atoms with E-state index in [4.69, 9.17) is 17.8 Å². The molecule has 2 atom stereocenters. The van der Waals surface area contributed by atoms with E-state index < -0.39 is 58.7 Å². The summed E-state index contributed by atoms with van der Waals surface area (Å²) >= 11 is -2.21. The minimum absolute atomic E-state index is 0.167. The fraction of sp³-hybridized carbons (Fsp3) is 0.190. The predicted molar refractivity (Wildman–Crippen MR) is 205 cm³/mol. The molecule has 0 unspecified atom stereocenters. The monoisotopic (exact) mass is 824 g/mol. The molecule has 2 amide bonds. The summed E-state index contributed by atoms with van der Waals surface area (Å²) < 4.78 is 112. The Hall–Kier alpha value is -5.97. The number of rotatable bonds is 14. The number of alkyl halides is 6. The second-order valence-corrected chi connectivity index (χ2v) is 14.0. The Kier molecular flexibility index (Phi) is 12.7. The van der Waals surface area contributed by atoms with Gasteiger partial charge in [-0.15, -0.1) is 0 Å². The largest absolute Gasteiger partial charge is 0.457 e. The molecule has 0 aliphatic heterocycles. The molecular formula is C42H34F6N2O7S. The van der Waals surface area contributed by atoms with E-state index in [2.05, 4.69) is 10.6 Å². The van der Waals surface area contributed by atoms with Crippen molar-refractivity contribution in [3.8, 4) is 23.0 Å². The molecule has 0 aliphatic rings. The summed E-state index contributed by atoms with van der Waals surface area (Å²) in [5, 5.41) is 8.07. The first-order chi connectivity index (χ1) is 27.5. The van der Waals surface area contributed by atoms with Crippen LogP contribution >= 0.6 is 0 Å². The summed E-state index contributed by atoms with van der Waals surface area (Å²) in [5.74, 6) is 0.328. The second-order valence-electron chi connectivity index (χ2n) is 13.2. The van der Waals surface area contributed by atoms with Crippen LogP contribution in [-0.4, -0.2) is 41.3 Å². The summed E-state index contributed by atoms with van der Waals surface area (Å²) in [4.78, 5) is 26.0. The molecule has 0 aromatic heterocycles. The summed E-state index contributed by atoms with van der Waals surface area (Å²) in [7, 11) is 0. The quantitative estimate of drug-likeness (QED) is 0.105. The van der Waals surface area contributed by atoms with Crippen molar-refractivity contribution in [1.29, 1.82) is 0 Å². The molecule has 9 nitrogen and oxygen atoms in total. The molecule has 0 saturated heterocycles. The lowest BCUT2D eigenvalue weighted by atomic mass is 10.1. The zero-order valence-corrected chi connectivity index (χ0v) is 31.5. The van der Waals surface area contributed by atoms with Crippen molar-refractivity contribution in [2.24, 2.45) is 0 Å². The Labute approximate surface area is 330 Å². The Morgan fingerprint density at radius 2 is 0.948 bits per heavy atom. The van der Waals surface area contributed by atoms with Crippen LogP contribution in [0.4, 0.5) is 26.3 Å². The first kappa shape index (κ1) is 41.7. The lowest BCUT2D eigenvalue weighted by molar-refractivity contribution is -0.138. The number of carbonyl (C=O) groups is 2. The van der Waals surface area contributed by atoms with Gasteiger partial charge in [0.15, 0.2) is 0 Å². The standard InChI is InChI=1S/C42H34F6N2O7S/c1-25(49-39(51)29-9-19-35-27(21-29)5-3-7-37(35)56-33-15-11-31(12-16-33)41(43,44)45)23-54-58(53)55-24-26(2)50-40(52)30-10-20-36-28(22-30)6-4-8-38(36)57-34-17-13-32(14-18-34)42(46,47)48/h3-22,25-26H,23-24H2,1-2H3,(H,49,51)(H,50,52)/t25-,26-/m1/s1. The lowest BCUT2D eigenvalue weighted by Gasteiger charge is -2.16. The predicted octanol–water partition coefficient (Wildman–Crippen LogP) is 10.2. The fourth-order valence-electron chi connectivity index (χ4n) is 5.69. The summed E-state index contributed by atoms with van der Waals surface area (Å²) in [5.41, 5.74) is -0.965. The Bertz CT molecular complexity index is 2270. The molecule has 0 fully saturated rings. The van der Waals surface area contributed by atoms with Gasteiger partial charge in [0.1, 0.15) is 23.0 Å². The average molecular weight is 825 g/mol. The van der Waals surface area contributed by atoms with E-state index in [-0.39, 0.29) is 24.7 Å². The molecule has 0 radical (unpaired) electrons. The number of fused-ring (bicyclic) bond motifs is 2. The SMILES string of the molecule is C[C@H](COS(=O)OC[C@@H](C)NC(=O)c1ccc2c(Oc3ccc(C(F)(F)F)cc3)cccc2c1)NC(=O)c1ccc2c(Oc3ccc(C(F)(F)F)cc3)cccc2c1. The Morgan fingerprint density at radius 1 is 0.569 bits per heavy atom. The third-order valence-corrected chi connectivity index (χ3v) is 9.26. The number of nitrogens with one attached hydrogen (secondary N) is 2. The maximum atomic E-state index is 13.0. The lowest BCUT2D eigenvalue weighted by Crippen LogP contribution is -2.37. The molecule has 58 heavy (non-hydrogen) atoms. The van der Waals surface area contributed by atoms with Gasteiger partial charge in [0.25, 0.3) is 11.8 Å². The van der Waals surface area contributed by atoms with Crippen LogP contribution in [0.2, 0.25) is 0 Å². The topological polar surface area (TPSA) is 112 Å². The maximum absolute atomic E-state index is 13.0. The number of halogens is 6. The van der Waals surface area contributed by atoms with E-state index in [1.165, 1.54) is 24.3 Å². The Balaban J connectivity index is 0.950. The summed E-state index contributed by atoms with van der Waals surface area (Å²) in [6.45, 7) is 2.95. The minimum atomic E-state index is -4.47. The van der Waals surface area contributed by atoms with E-state index >= 15 is 0 Å². The zero-order valence-electron chi connectivity index (χ0n) is 30.6. The normalized spacial score (nSPS) is 13.0. The number of hydrogen-bond acceptors (Lipinski definition) is 7. The number of hydrogen-bond donors (Lipinski definition) is 2. The van der Waals surface area contributed by atoms with Crippen LogP contribution < -0.4 is 20.1 Å². The van der Waals surface area contributed by atoms with Gasteiger partial charge in [0, 0.05) is 21.9 Å². The van der Waals surface area contributed by atoms with Gasteiger partial charge in [-0.2, -0.15) is 30.6 Å². The van der Waals surface area contributed by atoms with Gasteiger partial charge >= 0.3 is 23.7 Å². The van der Waals surface area contributed by atoms with Gasteiger partial charge in [0.05, 0.1) is 36.4 Å². The highest BCUT2D eigenvalue weighted by Gasteiger charge is 2.31. The molecule has 0 spiro atoms. The third-order valence-electron chi connectivity index (χ3n) is 8.61. The molecule has 302 valence electrons. The van der Waals surface area contributed by atoms with Gasteiger partial charge < -0.3 is 20.1 Å². The average Bonchev–Trinajstić information content (AvgIpc) is 3.19. The van der Waals surface area contributed by atoms with Crippen LogP contribution in [0.15, 0.2) is 121 Å². The number of benzene rings is 6. The van der Waals surface area contributed by atoms with Crippen LogP contribution in [0.25, 0.3) is 21.5 Å². The molecule has 6 aromatic rings. The fourth-order valence-corrected chi connectivity index (χ4v) is 6.39. The van der Waals surface area contributed by atoms with Crippen LogP contribution in [0, 0.1) is 0 Å². The molecule has 6 rings (SSSR count). The van der Waals surface area contributed by atoms with Gasteiger partial charge in [0.2, 0.25) is 0 Å². The van der Waals surface area contributed by atoms with Crippen molar-refractivity contribution in [2.75, 3.05) is 13.2 Å². The highest BCUT2D eigenvalue weighted by atomic mass is 32.2. The number of ether oxygens (including phenoxy) is 2. The Morgan fingerprint density at radius 3 is 1.31 bits per heavy atom. The molecule has 0 aliphatic carbocycles. The van der Waals surface area contributed by atoms with Gasteiger partial charge in [-0.25, -0.2) is 0 Å². The number of carbonyl (C=O) groups excluding carboxylic acids is 2. The van der Waals surface area contributed by atoms with Crippen LogP contribution in [0.1, 0.15) is 45.7 Å². The van der Waals surface area contributed by atoms with Gasteiger partial charge in [-0.05, 0) is 122 Å². The van der Waals surface area contributed by atoms with Crippen molar-refractivity contribution in [3.63, 3.8) is 0 Å². The van der Waals surface area contributed by atoms with Gasteiger partial charge in [-0.3, -0.25) is 18.0 Å². The van der Waals surface area contributed by atoms with E-state index in [1.807, 2.05) is 0 Å².